The summed E-state index contributed by atoms with van der Waals surface area (Å²) < 4.78 is 0. The monoisotopic (exact) mass is 216 g/mol. The van der Waals surface area contributed by atoms with Crippen molar-refractivity contribution in [3.63, 3.8) is 0 Å². The number of nitrogens with two attached hydrogens (primary N) is 1. The van der Waals surface area contributed by atoms with Gasteiger partial charge in [0.1, 0.15) is 0 Å². The molecule has 1 heterocycles. The third kappa shape index (κ3) is 1.74. The molecule has 0 aliphatic heterocycles. The predicted octanol–water partition coefficient (Wildman–Crippen LogP) is 2.98. The number of fused-ring (bicyclic) bond motifs is 1. The van der Waals surface area contributed by atoms with Crippen LogP contribution in [0.5, 0.6) is 0 Å². The number of hydrogen-bond acceptors (Lipinski definition) is 1. The maximum Gasteiger partial charge on any atom is 0.0491 e. The quantitative estimate of drug-likeness (QED) is 0.796. The largest absolute Gasteiger partial charge is 0.358 e. The number of rotatable bonds is 2. The van der Waals surface area contributed by atoms with Crippen LogP contribution < -0.4 is 5.73 Å². The molecule has 2 aromatic rings. The summed E-state index contributed by atoms with van der Waals surface area (Å²) >= 11 is 0. The fourth-order valence-electron chi connectivity index (χ4n) is 2.39. The highest BCUT2D eigenvalue weighted by Crippen LogP contribution is 2.28. The molecule has 0 amide bonds. The van der Waals surface area contributed by atoms with Crippen molar-refractivity contribution < 1.29 is 0 Å². The number of benzene rings is 1. The molecule has 86 valence electrons. The maximum atomic E-state index is 5.92. The Hall–Kier alpha value is -1.28. The van der Waals surface area contributed by atoms with Crippen LogP contribution in [0.2, 0.25) is 0 Å². The molecule has 1 aromatic heterocycles. The maximum absolute atomic E-state index is 5.92. The lowest BCUT2D eigenvalue weighted by atomic mass is 9.99. The molecule has 2 heteroatoms. The minimum Gasteiger partial charge on any atom is -0.358 e. The first-order chi connectivity index (χ1) is 7.50. The van der Waals surface area contributed by atoms with Crippen molar-refractivity contribution in [3.05, 3.63) is 34.5 Å². The lowest BCUT2D eigenvalue weighted by Gasteiger charge is -2.07. The van der Waals surface area contributed by atoms with Gasteiger partial charge in [-0.2, -0.15) is 0 Å². The molecule has 0 aliphatic carbocycles. The average Bonchev–Trinajstić information content (AvgIpc) is 2.51. The number of nitrogens with one attached hydrogen (secondary N) is 1. The molecule has 0 spiro atoms. The topological polar surface area (TPSA) is 41.8 Å². The molecular formula is C14H20N2. The molecule has 0 saturated carbocycles. The molecule has 16 heavy (non-hydrogen) atoms. The molecule has 1 aromatic carbocycles. The molecule has 0 aliphatic rings. The van der Waals surface area contributed by atoms with E-state index in [9.17, 15) is 0 Å². The van der Waals surface area contributed by atoms with E-state index in [1.54, 1.807) is 0 Å². The molecule has 1 atom stereocenters. The Labute approximate surface area is 96.9 Å². The fraction of sp³-hybridized carbons (Fsp3) is 0.429. The van der Waals surface area contributed by atoms with Crippen molar-refractivity contribution >= 4 is 10.9 Å². The van der Waals surface area contributed by atoms with Crippen LogP contribution in [0.15, 0.2) is 12.1 Å². The van der Waals surface area contributed by atoms with Gasteiger partial charge in [-0.3, -0.25) is 0 Å². The van der Waals surface area contributed by atoms with Gasteiger partial charge in [0, 0.05) is 22.6 Å². The van der Waals surface area contributed by atoms with E-state index in [0.717, 1.165) is 6.42 Å². The van der Waals surface area contributed by atoms with Crippen LogP contribution in [0.4, 0.5) is 0 Å². The van der Waals surface area contributed by atoms with Gasteiger partial charge in [0.25, 0.3) is 0 Å². The van der Waals surface area contributed by atoms with Crippen LogP contribution in [0.1, 0.15) is 29.3 Å². The molecule has 1 unspecified atom stereocenters. The molecular weight excluding hydrogens is 196 g/mol. The van der Waals surface area contributed by atoms with Gasteiger partial charge in [-0.1, -0.05) is 12.1 Å². The smallest absolute Gasteiger partial charge is 0.0491 e. The Bertz CT molecular complexity index is 521. The van der Waals surface area contributed by atoms with Crippen LogP contribution >= 0.6 is 0 Å². The van der Waals surface area contributed by atoms with Gasteiger partial charge >= 0.3 is 0 Å². The van der Waals surface area contributed by atoms with Crippen LogP contribution in [-0.4, -0.2) is 11.0 Å². The second kappa shape index (κ2) is 3.95. The van der Waals surface area contributed by atoms with Crippen molar-refractivity contribution in [2.75, 3.05) is 0 Å². The van der Waals surface area contributed by atoms with Gasteiger partial charge in [0.2, 0.25) is 0 Å². The normalized spacial score (nSPS) is 13.3. The first-order valence-electron chi connectivity index (χ1n) is 5.83. The zero-order valence-corrected chi connectivity index (χ0v) is 10.5. The Morgan fingerprint density at radius 2 is 1.81 bits per heavy atom. The summed E-state index contributed by atoms with van der Waals surface area (Å²) in [4.78, 5) is 3.49. The van der Waals surface area contributed by atoms with Crippen molar-refractivity contribution in [2.45, 2.75) is 40.2 Å². The van der Waals surface area contributed by atoms with Gasteiger partial charge in [-0.05, 0) is 50.8 Å². The first kappa shape index (κ1) is 11.2. The van der Waals surface area contributed by atoms with E-state index in [4.69, 9.17) is 5.73 Å². The van der Waals surface area contributed by atoms with Crippen molar-refractivity contribution in [3.8, 4) is 0 Å². The van der Waals surface area contributed by atoms with E-state index in [2.05, 4.69) is 44.8 Å². The molecule has 2 nitrogen and oxygen atoms in total. The lowest BCUT2D eigenvalue weighted by molar-refractivity contribution is 0.738. The summed E-state index contributed by atoms with van der Waals surface area (Å²) in [7, 11) is 0. The second-order valence-electron chi connectivity index (χ2n) is 4.86. The molecule has 0 fully saturated rings. The van der Waals surface area contributed by atoms with Crippen LogP contribution in [-0.2, 0) is 6.42 Å². The van der Waals surface area contributed by atoms with Gasteiger partial charge < -0.3 is 10.7 Å². The molecule has 0 radical (unpaired) electrons. The van der Waals surface area contributed by atoms with Gasteiger partial charge in [0.05, 0.1) is 0 Å². The molecule has 2 rings (SSSR count). The highest BCUT2D eigenvalue weighted by atomic mass is 14.7. The van der Waals surface area contributed by atoms with Gasteiger partial charge in [-0.25, -0.2) is 0 Å². The van der Waals surface area contributed by atoms with Crippen LogP contribution in [0, 0.1) is 20.8 Å². The Kier molecular flexibility index (Phi) is 2.76. The number of aromatic amines is 1. The summed E-state index contributed by atoms with van der Waals surface area (Å²) in [6, 6.07) is 4.57. The summed E-state index contributed by atoms with van der Waals surface area (Å²) in [6.45, 7) is 8.51. The van der Waals surface area contributed by atoms with E-state index in [1.165, 1.54) is 33.3 Å². The third-order valence-corrected chi connectivity index (χ3v) is 3.22. The number of hydrogen-bond donors (Lipinski definition) is 2. The molecule has 0 bridgehead atoms. The zero-order chi connectivity index (χ0) is 11.9. The Morgan fingerprint density at radius 1 is 1.19 bits per heavy atom. The van der Waals surface area contributed by atoms with Gasteiger partial charge in [-0.15, -0.1) is 0 Å². The van der Waals surface area contributed by atoms with Crippen LogP contribution in [0.3, 0.4) is 0 Å². The third-order valence-electron chi connectivity index (χ3n) is 3.22. The van der Waals surface area contributed by atoms with E-state index in [0.29, 0.717) is 0 Å². The SMILES string of the molecule is Cc1[nH]c2c(C)ccc(C)c2c1CC(C)N. The van der Waals surface area contributed by atoms with Crippen molar-refractivity contribution in [2.24, 2.45) is 5.73 Å². The second-order valence-corrected chi connectivity index (χ2v) is 4.86. The summed E-state index contributed by atoms with van der Waals surface area (Å²) in [6.07, 6.45) is 0.941. The van der Waals surface area contributed by atoms with Crippen molar-refractivity contribution in [1.82, 2.24) is 4.98 Å². The number of aryl methyl sites for hydroxylation is 3. The standard InChI is InChI=1S/C14H20N2/c1-8-5-6-9(2)14-13(8)12(7-10(3)15)11(4)16-14/h5-6,10,16H,7,15H2,1-4H3. The van der Waals surface area contributed by atoms with E-state index >= 15 is 0 Å². The van der Waals surface area contributed by atoms with Gasteiger partial charge in [0.15, 0.2) is 0 Å². The zero-order valence-electron chi connectivity index (χ0n) is 10.5. The first-order valence-corrected chi connectivity index (χ1v) is 5.83. The summed E-state index contributed by atoms with van der Waals surface area (Å²) in [5.41, 5.74) is 12.5. The summed E-state index contributed by atoms with van der Waals surface area (Å²) in [5.74, 6) is 0. The number of H-pyrrole nitrogens is 1. The highest BCUT2D eigenvalue weighted by molar-refractivity contribution is 5.90. The summed E-state index contributed by atoms with van der Waals surface area (Å²) in [5, 5.41) is 1.37. The molecule has 3 N–H and O–H groups in total. The average molecular weight is 216 g/mol. The van der Waals surface area contributed by atoms with Crippen molar-refractivity contribution in [1.29, 1.82) is 0 Å². The molecule has 0 saturated heterocycles. The van der Waals surface area contributed by atoms with E-state index in [1.807, 2.05) is 0 Å². The van der Waals surface area contributed by atoms with E-state index in [-0.39, 0.29) is 6.04 Å². The van der Waals surface area contributed by atoms with Crippen LogP contribution in [0.25, 0.3) is 10.9 Å². The highest BCUT2D eigenvalue weighted by Gasteiger charge is 2.13. The Balaban J connectivity index is 2.72. The lowest BCUT2D eigenvalue weighted by Crippen LogP contribution is -2.18. The minimum atomic E-state index is 0.206. The predicted molar refractivity (Wildman–Crippen MR) is 69.9 cm³/mol. The number of aromatic nitrogens is 1. The van der Waals surface area contributed by atoms with E-state index < -0.39 is 0 Å². The minimum absolute atomic E-state index is 0.206. The fourth-order valence-corrected chi connectivity index (χ4v) is 2.39. The Morgan fingerprint density at radius 3 is 2.44 bits per heavy atom.